The summed E-state index contributed by atoms with van der Waals surface area (Å²) in [7, 11) is 0. The molecule has 3 atom stereocenters. The standard InChI is InChI=1S/C16H29NO2/c1-15(2)12-8-9-16(15,3)13(11-12)19-14(18)7-5-4-6-10-17/h12-13H,4-11,17H2,1-3H3. The molecule has 0 radical (unpaired) electrons. The van der Waals surface area contributed by atoms with Gasteiger partial charge in [0.1, 0.15) is 6.10 Å². The van der Waals surface area contributed by atoms with Crippen LogP contribution >= 0.6 is 0 Å². The summed E-state index contributed by atoms with van der Waals surface area (Å²) in [5.74, 6) is 0.721. The topological polar surface area (TPSA) is 52.3 Å². The van der Waals surface area contributed by atoms with Crippen molar-refractivity contribution in [3.8, 4) is 0 Å². The number of fused-ring (bicyclic) bond motifs is 2. The number of esters is 1. The Hall–Kier alpha value is -0.570. The van der Waals surface area contributed by atoms with Crippen molar-refractivity contribution >= 4 is 5.97 Å². The van der Waals surface area contributed by atoms with Gasteiger partial charge in [0.2, 0.25) is 0 Å². The van der Waals surface area contributed by atoms with E-state index in [2.05, 4.69) is 20.8 Å². The third-order valence-electron chi connectivity index (χ3n) is 6.07. The third kappa shape index (κ3) is 2.54. The fraction of sp³-hybridized carbons (Fsp3) is 0.938. The number of hydrogen-bond donors (Lipinski definition) is 1. The normalized spacial score (nSPS) is 35.6. The van der Waals surface area contributed by atoms with Crippen LogP contribution in [0.15, 0.2) is 0 Å². The van der Waals surface area contributed by atoms with Gasteiger partial charge in [-0.15, -0.1) is 0 Å². The zero-order chi connectivity index (χ0) is 14.1. The van der Waals surface area contributed by atoms with Crippen molar-refractivity contribution in [2.24, 2.45) is 22.5 Å². The van der Waals surface area contributed by atoms with Gasteiger partial charge in [0.15, 0.2) is 0 Å². The largest absolute Gasteiger partial charge is 0.462 e. The average Bonchev–Trinajstić information content (AvgIpc) is 2.68. The van der Waals surface area contributed by atoms with E-state index in [0.717, 1.165) is 31.6 Å². The molecule has 3 unspecified atom stereocenters. The Morgan fingerprint density at radius 3 is 2.53 bits per heavy atom. The molecule has 19 heavy (non-hydrogen) atoms. The van der Waals surface area contributed by atoms with E-state index in [1.165, 1.54) is 12.8 Å². The number of hydrogen-bond acceptors (Lipinski definition) is 3. The van der Waals surface area contributed by atoms with Crippen molar-refractivity contribution in [3.05, 3.63) is 0 Å². The summed E-state index contributed by atoms with van der Waals surface area (Å²) in [5, 5.41) is 0. The van der Waals surface area contributed by atoms with Crippen LogP contribution in [0.25, 0.3) is 0 Å². The number of ether oxygens (including phenoxy) is 1. The molecule has 0 saturated heterocycles. The van der Waals surface area contributed by atoms with Crippen LogP contribution in [0.1, 0.15) is 65.7 Å². The molecule has 3 nitrogen and oxygen atoms in total. The minimum absolute atomic E-state index is 0.00778. The molecule has 0 aromatic rings. The highest BCUT2D eigenvalue weighted by molar-refractivity contribution is 5.69. The quantitative estimate of drug-likeness (QED) is 0.593. The van der Waals surface area contributed by atoms with Crippen LogP contribution in [0.4, 0.5) is 0 Å². The molecule has 2 rings (SSSR count). The van der Waals surface area contributed by atoms with Crippen LogP contribution in [0.5, 0.6) is 0 Å². The second-order valence-corrected chi connectivity index (χ2v) is 7.19. The van der Waals surface area contributed by atoms with Gasteiger partial charge in [-0.2, -0.15) is 0 Å². The van der Waals surface area contributed by atoms with Crippen LogP contribution in [-0.4, -0.2) is 18.6 Å². The average molecular weight is 267 g/mol. The fourth-order valence-electron chi connectivity index (χ4n) is 4.12. The number of carbonyl (C=O) groups excluding carboxylic acids is 1. The number of nitrogens with two attached hydrogens (primary N) is 1. The van der Waals surface area contributed by atoms with Crippen LogP contribution in [0.2, 0.25) is 0 Å². The van der Waals surface area contributed by atoms with E-state index in [0.29, 0.717) is 18.4 Å². The SMILES string of the molecule is CC1(C)C2CCC1(C)C(OC(=O)CCCCCN)C2. The monoisotopic (exact) mass is 267 g/mol. The molecule has 0 spiro atoms. The summed E-state index contributed by atoms with van der Waals surface area (Å²) in [6, 6.07) is 0. The summed E-state index contributed by atoms with van der Waals surface area (Å²) in [6.45, 7) is 7.72. The molecule has 0 amide bonds. The van der Waals surface area contributed by atoms with Crippen molar-refractivity contribution in [2.75, 3.05) is 6.54 Å². The first-order valence-corrected chi connectivity index (χ1v) is 7.81. The van der Waals surface area contributed by atoms with Gasteiger partial charge < -0.3 is 10.5 Å². The predicted octanol–water partition coefficient (Wildman–Crippen LogP) is 3.26. The maximum atomic E-state index is 11.9. The lowest BCUT2D eigenvalue weighted by Crippen LogP contribution is -2.38. The van der Waals surface area contributed by atoms with Crippen molar-refractivity contribution in [1.29, 1.82) is 0 Å². The molecule has 0 aliphatic heterocycles. The lowest BCUT2D eigenvalue weighted by Gasteiger charge is -2.38. The third-order valence-corrected chi connectivity index (χ3v) is 6.07. The second kappa shape index (κ2) is 5.43. The molecular weight excluding hydrogens is 238 g/mol. The lowest BCUT2D eigenvalue weighted by atomic mass is 9.70. The van der Waals surface area contributed by atoms with E-state index >= 15 is 0 Å². The minimum atomic E-state index is -0.00778. The van der Waals surface area contributed by atoms with Gasteiger partial charge in [-0.25, -0.2) is 0 Å². The number of carbonyl (C=O) groups is 1. The molecule has 0 heterocycles. The molecule has 2 aliphatic rings. The smallest absolute Gasteiger partial charge is 0.306 e. The first-order valence-electron chi connectivity index (χ1n) is 7.81. The van der Waals surface area contributed by atoms with Gasteiger partial charge in [0, 0.05) is 11.8 Å². The molecule has 2 saturated carbocycles. The van der Waals surface area contributed by atoms with Gasteiger partial charge in [-0.3, -0.25) is 4.79 Å². The summed E-state index contributed by atoms with van der Waals surface area (Å²) >= 11 is 0. The Labute approximate surface area is 117 Å². The Morgan fingerprint density at radius 2 is 2.00 bits per heavy atom. The molecule has 0 aromatic heterocycles. The highest BCUT2D eigenvalue weighted by Crippen LogP contribution is 2.66. The zero-order valence-electron chi connectivity index (χ0n) is 12.7. The van der Waals surface area contributed by atoms with Gasteiger partial charge in [0.05, 0.1) is 0 Å². The van der Waals surface area contributed by atoms with E-state index in [9.17, 15) is 4.79 Å². The van der Waals surface area contributed by atoms with E-state index < -0.39 is 0 Å². The second-order valence-electron chi connectivity index (χ2n) is 7.19. The molecule has 3 heteroatoms. The maximum Gasteiger partial charge on any atom is 0.306 e. The van der Waals surface area contributed by atoms with Gasteiger partial charge in [-0.05, 0) is 50.0 Å². The van der Waals surface area contributed by atoms with E-state index in [1.807, 2.05) is 0 Å². The van der Waals surface area contributed by atoms with E-state index in [-0.39, 0.29) is 17.5 Å². The Kier molecular flexibility index (Phi) is 4.24. The van der Waals surface area contributed by atoms with Crippen molar-refractivity contribution in [1.82, 2.24) is 0 Å². The Bertz CT molecular complexity index is 340. The molecule has 0 aromatic carbocycles. The predicted molar refractivity (Wildman–Crippen MR) is 76.6 cm³/mol. The van der Waals surface area contributed by atoms with Crippen molar-refractivity contribution < 1.29 is 9.53 Å². The maximum absolute atomic E-state index is 11.9. The van der Waals surface area contributed by atoms with Crippen LogP contribution in [0, 0.1) is 16.7 Å². The van der Waals surface area contributed by atoms with Crippen LogP contribution in [-0.2, 0) is 9.53 Å². The van der Waals surface area contributed by atoms with Gasteiger partial charge in [-0.1, -0.05) is 27.2 Å². The van der Waals surface area contributed by atoms with Crippen molar-refractivity contribution in [2.45, 2.75) is 71.8 Å². The first-order chi connectivity index (χ1) is 8.91. The summed E-state index contributed by atoms with van der Waals surface area (Å²) in [4.78, 5) is 11.9. The molecule has 110 valence electrons. The molecule has 2 N–H and O–H groups in total. The zero-order valence-corrected chi connectivity index (χ0v) is 12.7. The molecule has 2 fully saturated rings. The highest BCUT2D eigenvalue weighted by Gasteiger charge is 2.62. The number of rotatable bonds is 6. The number of unbranched alkanes of at least 4 members (excludes halogenated alkanes) is 2. The molecule has 2 bridgehead atoms. The van der Waals surface area contributed by atoms with Gasteiger partial charge >= 0.3 is 5.97 Å². The Balaban J connectivity index is 1.83. The molecular formula is C16H29NO2. The first kappa shape index (κ1) is 14.8. The summed E-state index contributed by atoms with van der Waals surface area (Å²) < 4.78 is 5.79. The minimum Gasteiger partial charge on any atom is -0.462 e. The summed E-state index contributed by atoms with van der Waals surface area (Å²) in [6.07, 6.45) is 7.21. The van der Waals surface area contributed by atoms with Gasteiger partial charge in [0.25, 0.3) is 0 Å². The van der Waals surface area contributed by atoms with Crippen LogP contribution < -0.4 is 5.73 Å². The Morgan fingerprint density at radius 1 is 1.26 bits per heavy atom. The summed E-state index contributed by atoms with van der Waals surface area (Å²) in [5.41, 5.74) is 5.95. The van der Waals surface area contributed by atoms with E-state index in [1.54, 1.807) is 0 Å². The molecule has 2 aliphatic carbocycles. The van der Waals surface area contributed by atoms with E-state index in [4.69, 9.17) is 10.5 Å². The lowest BCUT2D eigenvalue weighted by molar-refractivity contribution is -0.157. The highest BCUT2D eigenvalue weighted by atomic mass is 16.5. The van der Waals surface area contributed by atoms with Crippen LogP contribution in [0.3, 0.4) is 0 Å². The van der Waals surface area contributed by atoms with Crippen molar-refractivity contribution in [3.63, 3.8) is 0 Å². The fourth-order valence-corrected chi connectivity index (χ4v) is 4.12.